The molecule has 1 aliphatic rings. The topological polar surface area (TPSA) is 226 Å². The van der Waals surface area contributed by atoms with Gasteiger partial charge in [-0.2, -0.15) is 4.31 Å². The van der Waals surface area contributed by atoms with Crippen molar-refractivity contribution < 1.29 is 37.4 Å². The molecule has 2 heterocycles. The molecule has 0 spiro atoms. The number of hydrogen-bond donors (Lipinski definition) is 4. The Labute approximate surface area is 143 Å². The average molecular weight is 413 g/mol. The first-order valence-electron chi connectivity index (χ1n) is 6.76. The van der Waals surface area contributed by atoms with Gasteiger partial charge < -0.3 is 19.4 Å². The number of phosphoric acid groups is 2. The Morgan fingerprint density at radius 1 is 1.42 bits per heavy atom. The lowest BCUT2D eigenvalue weighted by molar-refractivity contribution is -0.0267. The van der Waals surface area contributed by atoms with E-state index in [1.807, 2.05) is 4.98 Å². The predicted molar refractivity (Wildman–Crippen MR) is 81.7 cm³/mol. The Morgan fingerprint density at radius 3 is 2.69 bits per heavy atom. The molecule has 2 rings (SSSR count). The third kappa shape index (κ3) is 5.61. The van der Waals surface area contributed by atoms with Crippen LogP contribution in [0.1, 0.15) is 12.6 Å². The van der Waals surface area contributed by atoms with Crippen molar-refractivity contribution in [1.82, 2.24) is 9.55 Å². The molecule has 144 valence electrons. The molecule has 0 amide bonds. The lowest BCUT2D eigenvalue weighted by Crippen LogP contribution is -2.31. The zero-order chi connectivity index (χ0) is 19.5. The van der Waals surface area contributed by atoms with Crippen LogP contribution in [0.15, 0.2) is 27.0 Å². The molecule has 1 unspecified atom stereocenters. The number of H-pyrrole nitrogens is 1. The normalized spacial score (nSPS) is 25.4. The molecule has 15 nitrogen and oxygen atoms in total. The number of aromatic nitrogens is 2. The fourth-order valence-corrected chi connectivity index (χ4v) is 3.80. The molecule has 1 saturated heterocycles. The maximum Gasteiger partial charge on any atom is 0.481 e. The van der Waals surface area contributed by atoms with Gasteiger partial charge in [0.1, 0.15) is 6.23 Å². The highest BCUT2D eigenvalue weighted by Crippen LogP contribution is 2.57. The van der Waals surface area contributed by atoms with Crippen LogP contribution in [0.5, 0.6) is 0 Å². The van der Waals surface area contributed by atoms with Gasteiger partial charge in [-0.25, -0.2) is 13.9 Å². The fourth-order valence-electron chi connectivity index (χ4n) is 2.20. The highest BCUT2D eigenvalue weighted by Gasteiger charge is 2.39. The summed E-state index contributed by atoms with van der Waals surface area (Å²) in [5, 5.41) is 3.43. The maximum atomic E-state index is 11.8. The van der Waals surface area contributed by atoms with Crippen molar-refractivity contribution in [3.05, 3.63) is 43.5 Å². The van der Waals surface area contributed by atoms with Gasteiger partial charge in [0.25, 0.3) is 5.56 Å². The van der Waals surface area contributed by atoms with Gasteiger partial charge >= 0.3 is 21.3 Å². The van der Waals surface area contributed by atoms with Gasteiger partial charge in [0.05, 0.1) is 18.8 Å². The van der Waals surface area contributed by atoms with E-state index in [-0.39, 0.29) is 6.42 Å². The molecule has 1 fully saturated rings. The minimum absolute atomic E-state index is 0.0287. The largest absolute Gasteiger partial charge is 0.481 e. The minimum Gasteiger partial charge on any atom is -0.352 e. The highest BCUT2D eigenvalue weighted by molar-refractivity contribution is 7.60. The lowest BCUT2D eigenvalue weighted by atomic mass is 10.1. The van der Waals surface area contributed by atoms with Crippen molar-refractivity contribution in [1.29, 1.82) is 0 Å². The molecule has 4 N–H and O–H groups in total. The van der Waals surface area contributed by atoms with E-state index in [1.165, 1.54) is 0 Å². The first kappa shape index (κ1) is 20.5. The predicted octanol–water partition coefficient (Wildman–Crippen LogP) is -0.271. The van der Waals surface area contributed by atoms with Crippen LogP contribution in [-0.4, -0.2) is 43.0 Å². The standard InChI is InChI=1S/C9H13N5O10P2/c10-13-12-5-3-8(14-2-1-7(15)11-9(14)16)23-6(5)4-22-26(20,21)24-25(17,18)19/h1-2,5-6,8H,3-4H2,(H,20,21)(H,11,15,16)(H2,17,18,19)/t5-,6+,8+/m0/s1. The number of aromatic amines is 1. The SMILES string of the molecule is [N-]=[N+]=N[C@H]1C[C@H](n2ccc(=O)[nH]c2=O)O[C@@H]1COP(=O)(O)OP(=O)(O)O. The smallest absolute Gasteiger partial charge is 0.352 e. The maximum absolute atomic E-state index is 11.8. The summed E-state index contributed by atoms with van der Waals surface area (Å²) in [6.45, 7) is -0.730. The van der Waals surface area contributed by atoms with Crippen molar-refractivity contribution in [2.45, 2.75) is 24.8 Å². The average Bonchev–Trinajstić information content (AvgIpc) is 2.86. The van der Waals surface area contributed by atoms with Crippen LogP contribution in [0.4, 0.5) is 0 Å². The molecule has 0 saturated carbocycles. The molecule has 0 radical (unpaired) electrons. The summed E-state index contributed by atoms with van der Waals surface area (Å²) >= 11 is 0. The molecule has 0 bridgehead atoms. The Balaban J connectivity index is 2.13. The first-order chi connectivity index (χ1) is 12.0. The second-order valence-electron chi connectivity index (χ2n) is 4.99. The number of nitrogens with one attached hydrogen (secondary N) is 1. The summed E-state index contributed by atoms with van der Waals surface area (Å²) in [5.74, 6) is 0. The summed E-state index contributed by atoms with van der Waals surface area (Å²) in [6.07, 6.45) is -0.991. The summed E-state index contributed by atoms with van der Waals surface area (Å²) in [5.41, 5.74) is 7.16. The molecule has 0 aliphatic carbocycles. The third-order valence-corrected chi connectivity index (χ3v) is 5.33. The quantitative estimate of drug-likeness (QED) is 0.198. The Morgan fingerprint density at radius 2 is 2.12 bits per heavy atom. The monoisotopic (exact) mass is 413 g/mol. The van der Waals surface area contributed by atoms with E-state index in [4.69, 9.17) is 20.1 Å². The van der Waals surface area contributed by atoms with Crippen LogP contribution >= 0.6 is 15.6 Å². The van der Waals surface area contributed by atoms with Crippen LogP contribution in [-0.2, 0) is 22.7 Å². The molecule has 1 aromatic heterocycles. The zero-order valence-electron chi connectivity index (χ0n) is 12.7. The summed E-state index contributed by atoms with van der Waals surface area (Å²) in [6, 6.07) is 0.131. The van der Waals surface area contributed by atoms with Crippen LogP contribution in [0.3, 0.4) is 0 Å². The van der Waals surface area contributed by atoms with Gasteiger partial charge in [0, 0.05) is 23.6 Å². The lowest BCUT2D eigenvalue weighted by Gasteiger charge is -2.18. The van der Waals surface area contributed by atoms with Gasteiger partial charge in [-0.15, -0.1) is 0 Å². The summed E-state index contributed by atoms with van der Waals surface area (Å²) in [4.78, 5) is 53.8. The van der Waals surface area contributed by atoms with Crippen LogP contribution in [0, 0.1) is 0 Å². The van der Waals surface area contributed by atoms with E-state index in [0.29, 0.717) is 0 Å². The van der Waals surface area contributed by atoms with Crippen molar-refractivity contribution in [2.24, 2.45) is 5.11 Å². The van der Waals surface area contributed by atoms with Crippen molar-refractivity contribution in [2.75, 3.05) is 6.61 Å². The van der Waals surface area contributed by atoms with E-state index in [1.54, 1.807) is 0 Å². The van der Waals surface area contributed by atoms with E-state index in [2.05, 4.69) is 18.9 Å². The van der Waals surface area contributed by atoms with Gasteiger partial charge in [-0.05, 0) is 5.53 Å². The van der Waals surface area contributed by atoms with E-state index >= 15 is 0 Å². The fraction of sp³-hybridized carbons (Fsp3) is 0.556. The van der Waals surface area contributed by atoms with Crippen LogP contribution in [0.2, 0.25) is 0 Å². The molecular formula is C9H13N5O10P2. The Bertz CT molecular complexity index is 916. The third-order valence-electron chi connectivity index (χ3n) is 3.18. The number of azide groups is 1. The van der Waals surface area contributed by atoms with Crippen LogP contribution in [0.25, 0.3) is 10.4 Å². The second-order valence-corrected chi connectivity index (χ2v) is 7.82. The van der Waals surface area contributed by atoms with Gasteiger partial charge in [-0.3, -0.25) is 18.9 Å². The van der Waals surface area contributed by atoms with E-state index in [9.17, 15) is 23.6 Å². The number of nitrogens with zero attached hydrogens (tertiary/aromatic N) is 4. The van der Waals surface area contributed by atoms with Gasteiger partial charge in [0.15, 0.2) is 0 Å². The second kappa shape index (κ2) is 7.84. The Hall–Kier alpha value is -1.79. The molecule has 4 atom stereocenters. The zero-order valence-corrected chi connectivity index (χ0v) is 14.5. The molecular weight excluding hydrogens is 400 g/mol. The number of hydrogen-bond acceptors (Lipinski definition) is 8. The van der Waals surface area contributed by atoms with Crippen molar-refractivity contribution >= 4 is 15.6 Å². The van der Waals surface area contributed by atoms with Crippen molar-refractivity contribution in [3.63, 3.8) is 0 Å². The van der Waals surface area contributed by atoms with E-state index in [0.717, 1.165) is 16.8 Å². The molecule has 0 aromatic carbocycles. The molecule has 17 heteroatoms. The van der Waals surface area contributed by atoms with Crippen molar-refractivity contribution in [3.8, 4) is 0 Å². The number of rotatable bonds is 7. The first-order valence-corrected chi connectivity index (χ1v) is 9.79. The summed E-state index contributed by atoms with van der Waals surface area (Å²) < 4.78 is 36.6. The van der Waals surface area contributed by atoms with Gasteiger partial charge in [0.2, 0.25) is 0 Å². The number of phosphoric ester groups is 1. The van der Waals surface area contributed by atoms with Crippen LogP contribution < -0.4 is 11.2 Å². The molecule has 26 heavy (non-hydrogen) atoms. The summed E-state index contributed by atoms with van der Waals surface area (Å²) in [7, 11) is -10.4. The van der Waals surface area contributed by atoms with Gasteiger partial charge in [-0.1, -0.05) is 5.11 Å². The number of ether oxygens (including phenoxy) is 1. The molecule has 1 aromatic rings. The Kier molecular flexibility index (Phi) is 6.19. The molecule has 1 aliphatic heterocycles. The minimum atomic E-state index is -5.29. The highest BCUT2D eigenvalue weighted by atomic mass is 31.3. The van der Waals surface area contributed by atoms with E-state index < -0.39 is 51.9 Å².